The highest BCUT2D eigenvalue weighted by Gasteiger charge is 2.52. The second kappa shape index (κ2) is 13.0. The summed E-state index contributed by atoms with van der Waals surface area (Å²) in [7, 11) is 0. The summed E-state index contributed by atoms with van der Waals surface area (Å²) in [6.45, 7) is 0. The van der Waals surface area contributed by atoms with Gasteiger partial charge in [0.25, 0.3) is 0 Å². The number of para-hydroxylation sites is 2. The molecule has 0 N–H and O–H groups in total. The summed E-state index contributed by atoms with van der Waals surface area (Å²) in [5.74, 6) is 0. The maximum absolute atomic E-state index is 6.48. The predicted molar refractivity (Wildman–Crippen MR) is 253 cm³/mol. The number of rotatable bonds is 5. The summed E-state index contributed by atoms with van der Waals surface area (Å²) in [5.41, 5.74) is 19.8. The second-order valence-electron chi connectivity index (χ2n) is 16.4. The van der Waals surface area contributed by atoms with Crippen LogP contribution in [-0.4, -0.2) is 0 Å². The largest absolute Gasteiger partial charge is 0.455 e. The van der Waals surface area contributed by atoms with Crippen LogP contribution < -0.4 is 4.90 Å². The fourth-order valence-electron chi connectivity index (χ4n) is 10.7. The van der Waals surface area contributed by atoms with Gasteiger partial charge >= 0.3 is 0 Å². The Balaban J connectivity index is 1.03. The Morgan fingerprint density at radius 1 is 0.328 bits per heavy atom. The first-order valence-corrected chi connectivity index (χ1v) is 21.1. The van der Waals surface area contributed by atoms with E-state index in [-0.39, 0.29) is 0 Å². The summed E-state index contributed by atoms with van der Waals surface area (Å²) in [4.78, 5) is 2.42. The molecule has 1 aromatic heterocycles. The highest BCUT2D eigenvalue weighted by Crippen LogP contribution is 2.64. The molecular weight excluding hydrogens is 739 g/mol. The lowest BCUT2D eigenvalue weighted by Crippen LogP contribution is -2.26. The molecule has 0 bridgehead atoms. The molecule has 2 nitrogen and oxygen atoms in total. The van der Waals surface area contributed by atoms with Gasteiger partial charge in [-0.1, -0.05) is 182 Å². The highest BCUT2D eigenvalue weighted by molar-refractivity contribution is 6.10. The summed E-state index contributed by atoms with van der Waals surface area (Å²) in [6.07, 6.45) is 0. The van der Waals surface area contributed by atoms with Gasteiger partial charge in [-0.2, -0.15) is 0 Å². The molecule has 0 saturated carbocycles. The molecule has 11 aromatic rings. The van der Waals surface area contributed by atoms with Crippen molar-refractivity contribution in [3.8, 4) is 44.5 Å². The number of fused-ring (bicyclic) bond motifs is 15. The highest BCUT2D eigenvalue weighted by atomic mass is 16.3. The Hall–Kier alpha value is -7.94. The van der Waals surface area contributed by atoms with Crippen molar-refractivity contribution in [2.75, 3.05) is 4.90 Å². The first-order chi connectivity index (χ1) is 30.3. The molecule has 1 heterocycles. The Labute approximate surface area is 354 Å². The van der Waals surface area contributed by atoms with Crippen LogP contribution in [0.4, 0.5) is 17.1 Å². The van der Waals surface area contributed by atoms with Crippen molar-refractivity contribution in [1.82, 2.24) is 0 Å². The van der Waals surface area contributed by atoms with Crippen LogP contribution in [0.25, 0.3) is 77.2 Å². The number of furan rings is 1. The van der Waals surface area contributed by atoms with Crippen molar-refractivity contribution in [2.45, 2.75) is 5.41 Å². The first kappa shape index (κ1) is 34.0. The summed E-state index contributed by atoms with van der Waals surface area (Å²) >= 11 is 0. The summed E-state index contributed by atoms with van der Waals surface area (Å²) in [6, 6.07) is 82.3. The summed E-state index contributed by atoms with van der Waals surface area (Å²) < 4.78 is 6.48. The smallest absolute Gasteiger partial charge is 0.143 e. The van der Waals surface area contributed by atoms with Gasteiger partial charge in [-0.3, -0.25) is 0 Å². The molecule has 2 heteroatoms. The van der Waals surface area contributed by atoms with Crippen LogP contribution in [0.3, 0.4) is 0 Å². The van der Waals surface area contributed by atoms with Crippen LogP contribution in [0.5, 0.6) is 0 Å². The van der Waals surface area contributed by atoms with Crippen molar-refractivity contribution >= 4 is 49.8 Å². The van der Waals surface area contributed by atoms with Crippen LogP contribution >= 0.6 is 0 Å². The molecule has 2 aliphatic carbocycles. The van der Waals surface area contributed by atoms with Gasteiger partial charge in [0.05, 0.1) is 5.41 Å². The molecule has 0 amide bonds. The van der Waals surface area contributed by atoms with E-state index >= 15 is 0 Å². The first-order valence-electron chi connectivity index (χ1n) is 21.1. The van der Waals surface area contributed by atoms with Gasteiger partial charge in [0.2, 0.25) is 0 Å². The van der Waals surface area contributed by atoms with E-state index in [2.05, 4.69) is 217 Å². The molecule has 0 unspecified atom stereocenters. The van der Waals surface area contributed by atoms with Gasteiger partial charge in [0.1, 0.15) is 11.2 Å². The van der Waals surface area contributed by atoms with Crippen molar-refractivity contribution in [3.63, 3.8) is 0 Å². The van der Waals surface area contributed by atoms with Crippen molar-refractivity contribution in [2.24, 2.45) is 0 Å². The molecule has 2 aliphatic rings. The topological polar surface area (TPSA) is 16.4 Å². The van der Waals surface area contributed by atoms with Crippen LogP contribution in [0, 0.1) is 0 Å². The Kier molecular flexibility index (Phi) is 7.26. The zero-order valence-corrected chi connectivity index (χ0v) is 33.2. The van der Waals surface area contributed by atoms with Crippen molar-refractivity contribution < 1.29 is 4.42 Å². The molecule has 10 aromatic carbocycles. The average Bonchev–Trinajstić information content (AvgIpc) is 3.97. The molecule has 13 rings (SSSR count). The molecule has 61 heavy (non-hydrogen) atoms. The molecule has 0 atom stereocenters. The standard InChI is InChI=1S/C59H37NO/c1-2-13-38(14-3-1)39-25-30-42(31-26-39)60(43-32-27-41(28-33-43)46-20-12-21-52-50-19-8-11-24-56(50)61-58(46)52)44-34-36-49-51-35-29-40-15-4-5-16-45(40)57(51)59(55(49)37-44)53-22-9-6-17-47(53)48-18-7-10-23-54(48)59/h1-37H. The molecule has 0 fully saturated rings. The number of nitrogens with zero attached hydrogens (tertiary/aromatic N) is 1. The second-order valence-corrected chi connectivity index (χ2v) is 16.4. The normalized spacial score (nSPS) is 13.0. The van der Waals surface area contributed by atoms with E-state index in [1.54, 1.807) is 0 Å². The number of anilines is 3. The van der Waals surface area contributed by atoms with E-state index in [4.69, 9.17) is 4.42 Å². The van der Waals surface area contributed by atoms with Crippen LogP contribution in [0.15, 0.2) is 229 Å². The SMILES string of the molecule is c1ccc(-c2ccc(N(c3ccc(-c4cccc5c4oc4ccccc45)cc3)c3ccc4c(c3)C3(c5ccccc5-c5ccccc53)c3c-4ccc4ccccc34)cc2)cc1. The number of hydrogen-bond acceptors (Lipinski definition) is 2. The fraction of sp³-hybridized carbons (Fsp3) is 0.0169. The van der Waals surface area contributed by atoms with Crippen molar-refractivity contribution in [1.29, 1.82) is 0 Å². The third-order valence-electron chi connectivity index (χ3n) is 13.3. The third-order valence-corrected chi connectivity index (χ3v) is 13.3. The van der Waals surface area contributed by atoms with E-state index in [1.807, 2.05) is 12.1 Å². The fourth-order valence-corrected chi connectivity index (χ4v) is 10.7. The molecule has 1 spiro atoms. The zero-order chi connectivity index (χ0) is 40.1. The van der Waals surface area contributed by atoms with E-state index in [0.717, 1.165) is 50.1 Å². The van der Waals surface area contributed by atoms with E-state index in [1.165, 1.54) is 66.4 Å². The lowest BCUT2D eigenvalue weighted by Gasteiger charge is -2.33. The van der Waals surface area contributed by atoms with Gasteiger partial charge in [-0.25, -0.2) is 0 Å². The molecular formula is C59H37NO. The van der Waals surface area contributed by atoms with Crippen LogP contribution in [0.1, 0.15) is 22.3 Å². The summed E-state index contributed by atoms with van der Waals surface area (Å²) in [5, 5.41) is 4.83. The van der Waals surface area contributed by atoms with Gasteiger partial charge in [-0.05, 0) is 114 Å². The zero-order valence-electron chi connectivity index (χ0n) is 33.2. The van der Waals surface area contributed by atoms with Gasteiger partial charge in [0.15, 0.2) is 0 Å². The van der Waals surface area contributed by atoms with E-state index in [0.29, 0.717) is 0 Å². The van der Waals surface area contributed by atoms with Crippen molar-refractivity contribution in [3.05, 3.63) is 247 Å². The number of benzene rings is 10. The lowest BCUT2D eigenvalue weighted by molar-refractivity contribution is 0.670. The molecule has 0 aliphatic heterocycles. The Morgan fingerprint density at radius 2 is 0.869 bits per heavy atom. The lowest BCUT2D eigenvalue weighted by atomic mass is 9.69. The molecule has 0 radical (unpaired) electrons. The van der Waals surface area contributed by atoms with Crippen LogP contribution in [-0.2, 0) is 5.41 Å². The van der Waals surface area contributed by atoms with Gasteiger partial charge < -0.3 is 9.32 Å². The minimum atomic E-state index is -0.493. The predicted octanol–water partition coefficient (Wildman–Crippen LogP) is 15.9. The third kappa shape index (κ3) is 4.85. The number of hydrogen-bond donors (Lipinski definition) is 0. The maximum Gasteiger partial charge on any atom is 0.143 e. The maximum atomic E-state index is 6.48. The molecule has 0 saturated heterocycles. The average molecular weight is 776 g/mol. The quantitative estimate of drug-likeness (QED) is 0.173. The minimum absolute atomic E-state index is 0.493. The molecule has 284 valence electrons. The minimum Gasteiger partial charge on any atom is -0.455 e. The Morgan fingerprint density at radius 3 is 1.62 bits per heavy atom. The van der Waals surface area contributed by atoms with E-state index < -0.39 is 5.41 Å². The Bertz CT molecular complexity index is 3480. The van der Waals surface area contributed by atoms with Gasteiger partial charge in [-0.15, -0.1) is 0 Å². The monoisotopic (exact) mass is 775 g/mol. The van der Waals surface area contributed by atoms with Crippen LogP contribution in [0.2, 0.25) is 0 Å². The van der Waals surface area contributed by atoms with E-state index in [9.17, 15) is 0 Å². The van der Waals surface area contributed by atoms with Gasteiger partial charge in [0, 0.05) is 33.4 Å².